The van der Waals surface area contributed by atoms with Gasteiger partial charge in [0.25, 0.3) is 0 Å². The molecule has 3 N–H and O–H groups in total. The van der Waals surface area contributed by atoms with Crippen molar-refractivity contribution in [1.29, 1.82) is 0 Å². The lowest BCUT2D eigenvalue weighted by atomic mass is 10.1. The number of aryl methyl sites for hydroxylation is 2. The summed E-state index contributed by atoms with van der Waals surface area (Å²) in [6.07, 6.45) is 0.400. The molecule has 2 atom stereocenters. The number of hydrogen-bond acceptors (Lipinski definition) is 3. The summed E-state index contributed by atoms with van der Waals surface area (Å²) in [5.41, 5.74) is 2.03. The lowest BCUT2D eigenvalue weighted by molar-refractivity contribution is -0.139. The van der Waals surface area contributed by atoms with Crippen molar-refractivity contribution in [3.63, 3.8) is 0 Å². The van der Waals surface area contributed by atoms with Gasteiger partial charge in [-0.2, -0.15) is 0 Å². The fourth-order valence-electron chi connectivity index (χ4n) is 1.92. The number of phenols is 1. The van der Waals surface area contributed by atoms with Crippen molar-refractivity contribution < 1.29 is 19.8 Å². The third-order valence-electron chi connectivity index (χ3n) is 3.25. The molecule has 5 nitrogen and oxygen atoms in total. The van der Waals surface area contributed by atoms with Crippen LogP contribution in [0, 0.1) is 25.7 Å². The molecule has 0 aliphatic heterocycles. The largest absolute Gasteiger partial charge is 0.508 e. The maximum atomic E-state index is 11.8. The lowest BCUT2D eigenvalue weighted by Gasteiger charge is -2.10. The summed E-state index contributed by atoms with van der Waals surface area (Å²) in [5.74, 6) is -2.00. The van der Waals surface area contributed by atoms with Crippen molar-refractivity contribution in [3.05, 3.63) is 23.3 Å². The Bertz CT molecular complexity index is 524. The van der Waals surface area contributed by atoms with Gasteiger partial charge in [0.15, 0.2) is 0 Å². The first kappa shape index (κ1) is 12.4. The van der Waals surface area contributed by atoms with Crippen LogP contribution in [0.4, 0.5) is 5.69 Å². The van der Waals surface area contributed by atoms with Crippen molar-refractivity contribution >= 4 is 17.6 Å². The Kier molecular flexibility index (Phi) is 2.98. The van der Waals surface area contributed by atoms with Gasteiger partial charge in [-0.3, -0.25) is 9.59 Å². The molecule has 96 valence electrons. The molecule has 0 heterocycles. The van der Waals surface area contributed by atoms with E-state index in [4.69, 9.17) is 5.11 Å². The van der Waals surface area contributed by atoms with E-state index in [1.807, 2.05) is 0 Å². The van der Waals surface area contributed by atoms with Crippen molar-refractivity contribution in [2.24, 2.45) is 11.8 Å². The van der Waals surface area contributed by atoms with Gasteiger partial charge in [0.2, 0.25) is 5.91 Å². The van der Waals surface area contributed by atoms with Crippen LogP contribution in [0.25, 0.3) is 0 Å². The molecule has 0 bridgehead atoms. The number of benzene rings is 1. The Hall–Kier alpha value is -2.04. The molecular weight excluding hydrogens is 234 g/mol. The molecule has 5 heteroatoms. The topological polar surface area (TPSA) is 86.6 Å². The summed E-state index contributed by atoms with van der Waals surface area (Å²) < 4.78 is 0. The molecule has 1 saturated carbocycles. The van der Waals surface area contributed by atoms with Gasteiger partial charge >= 0.3 is 5.97 Å². The highest BCUT2D eigenvalue weighted by atomic mass is 16.4. The zero-order chi connectivity index (χ0) is 13.4. The quantitative estimate of drug-likeness (QED) is 0.711. The number of nitrogens with one attached hydrogen (secondary N) is 1. The number of carboxylic acid groups (broad SMARTS) is 1. The molecule has 18 heavy (non-hydrogen) atoms. The van der Waals surface area contributed by atoms with Crippen LogP contribution >= 0.6 is 0 Å². The molecule has 1 aliphatic rings. The summed E-state index contributed by atoms with van der Waals surface area (Å²) in [5, 5.41) is 21.0. The van der Waals surface area contributed by atoms with Crippen LogP contribution in [0.1, 0.15) is 17.5 Å². The molecule has 1 aromatic carbocycles. The van der Waals surface area contributed by atoms with E-state index >= 15 is 0 Å². The second-order valence-electron chi connectivity index (χ2n) is 4.73. The summed E-state index contributed by atoms with van der Waals surface area (Å²) in [4.78, 5) is 22.5. The Labute approximate surface area is 104 Å². The standard InChI is InChI=1S/C13H15NO4/c1-6-4-11(15)7(2)3-10(6)14-12(16)8-5-9(8)13(17)18/h3-4,8-9,15H,5H2,1-2H3,(H,14,16)(H,17,18). The number of phenolic OH excluding ortho intramolecular Hbond substituents is 1. The smallest absolute Gasteiger partial charge is 0.307 e. The molecule has 1 aromatic rings. The van der Waals surface area contributed by atoms with Crippen LogP contribution in [0.3, 0.4) is 0 Å². The first-order valence-electron chi connectivity index (χ1n) is 5.74. The number of anilines is 1. The van der Waals surface area contributed by atoms with Crippen LogP contribution in [0.2, 0.25) is 0 Å². The summed E-state index contributed by atoms with van der Waals surface area (Å²) >= 11 is 0. The van der Waals surface area contributed by atoms with Crippen molar-refractivity contribution in [1.82, 2.24) is 0 Å². The van der Waals surface area contributed by atoms with E-state index in [1.54, 1.807) is 26.0 Å². The van der Waals surface area contributed by atoms with E-state index in [9.17, 15) is 14.7 Å². The first-order chi connectivity index (χ1) is 8.40. The second kappa shape index (κ2) is 4.33. The number of carbonyl (C=O) groups is 2. The Morgan fingerprint density at radius 3 is 2.44 bits per heavy atom. The third kappa shape index (κ3) is 2.30. The highest BCUT2D eigenvalue weighted by molar-refractivity contribution is 5.98. The predicted molar refractivity (Wildman–Crippen MR) is 65.4 cm³/mol. The molecule has 2 unspecified atom stereocenters. The van der Waals surface area contributed by atoms with Crippen LogP contribution in [-0.4, -0.2) is 22.1 Å². The SMILES string of the molecule is Cc1cc(NC(=O)C2CC2C(=O)O)c(C)cc1O. The maximum absolute atomic E-state index is 11.8. The Morgan fingerprint density at radius 2 is 1.89 bits per heavy atom. The average Bonchev–Trinajstić information content (AvgIpc) is 3.05. The first-order valence-corrected chi connectivity index (χ1v) is 5.74. The molecule has 2 rings (SSSR count). The van der Waals surface area contributed by atoms with Crippen LogP contribution in [-0.2, 0) is 9.59 Å². The fraction of sp³-hybridized carbons (Fsp3) is 0.385. The van der Waals surface area contributed by atoms with Gasteiger partial charge in [0.05, 0.1) is 11.8 Å². The Balaban J connectivity index is 2.09. The van der Waals surface area contributed by atoms with Crippen LogP contribution in [0.5, 0.6) is 5.75 Å². The van der Waals surface area contributed by atoms with Crippen LogP contribution in [0.15, 0.2) is 12.1 Å². The van der Waals surface area contributed by atoms with E-state index in [2.05, 4.69) is 5.32 Å². The highest BCUT2D eigenvalue weighted by Crippen LogP contribution is 2.39. The number of carboxylic acids is 1. The zero-order valence-electron chi connectivity index (χ0n) is 10.2. The van der Waals surface area contributed by atoms with Gasteiger partial charge in [0, 0.05) is 5.69 Å². The maximum Gasteiger partial charge on any atom is 0.307 e. The number of amides is 1. The summed E-state index contributed by atoms with van der Waals surface area (Å²) in [6.45, 7) is 3.51. The Morgan fingerprint density at radius 1 is 1.22 bits per heavy atom. The molecule has 0 aromatic heterocycles. The molecular formula is C13H15NO4. The van der Waals surface area contributed by atoms with Crippen molar-refractivity contribution in [2.45, 2.75) is 20.3 Å². The second-order valence-corrected chi connectivity index (χ2v) is 4.73. The van der Waals surface area contributed by atoms with E-state index < -0.39 is 17.8 Å². The highest BCUT2D eigenvalue weighted by Gasteiger charge is 2.48. The van der Waals surface area contributed by atoms with Gasteiger partial charge in [-0.25, -0.2) is 0 Å². The van der Waals surface area contributed by atoms with Gasteiger partial charge in [-0.15, -0.1) is 0 Å². The van der Waals surface area contributed by atoms with Crippen molar-refractivity contribution in [3.8, 4) is 5.75 Å². The van der Waals surface area contributed by atoms with Gasteiger partial charge in [-0.05, 0) is 43.5 Å². The van der Waals surface area contributed by atoms with Gasteiger partial charge < -0.3 is 15.5 Å². The molecule has 1 aliphatic carbocycles. The van der Waals surface area contributed by atoms with E-state index in [1.165, 1.54) is 0 Å². The van der Waals surface area contributed by atoms with E-state index in [0.717, 1.165) is 5.56 Å². The zero-order valence-corrected chi connectivity index (χ0v) is 10.2. The average molecular weight is 249 g/mol. The monoisotopic (exact) mass is 249 g/mol. The fourth-order valence-corrected chi connectivity index (χ4v) is 1.92. The molecule has 1 amide bonds. The molecule has 1 fully saturated rings. The van der Waals surface area contributed by atoms with E-state index in [-0.39, 0.29) is 11.7 Å². The number of aromatic hydroxyl groups is 1. The number of hydrogen-bond donors (Lipinski definition) is 3. The molecule has 0 saturated heterocycles. The number of rotatable bonds is 3. The van der Waals surface area contributed by atoms with Crippen LogP contribution < -0.4 is 5.32 Å². The molecule has 0 radical (unpaired) electrons. The lowest BCUT2D eigenvalue weighted by Crippen LogP contribution is -2.17. The summed E-state index contributed by atoms with van der Waals surface area (Å²) in [7, 11) is 0. The minimum Gasteiger partial charge on any atom is -0.508 e. The minimum absolute atomic E-state index is 0.181. The third-order valence-corrected chi connectivity index (χ3v) is 3.25. The van der Waals surface area contributed by atoms with Gasteiger partial charge in [-0.1, -0.05) is 0 Å². The predicted octanol–water partition coefficient (Wildman–Crippen LogP) is 1.67. The number of carbonyl (C=O) groups excluding carboxylic acids is 1. The summed E-state index contributed by atoms with van der Waals surface area (Å²) in [6, 6.07) is 3.26. The molecule has 0 spiro atoms. The normalized spacial score (nSPS) is 21.4. The van der Waals surface area contributed by atoms with Gasteiger partial charge in [0.1, 0.15) is 5.75 Å². The number of aliphatic carboxylic acids is 1. The van der Waals surface area contributed by atoms with Crippen molar-refractivity contribution in [2.75, 3.05) is 5.32 Å². The minimum atomic E-state index is -0.922. The van der Waals surface area contributed by atoms with E-state index in [0.29, 0.717) is 17.7 Å².